The Labute approximate surface area is 166 Å². The van der Waals surface area contributed by atoms with Gasteiger partial charge in [0.2, 0.25) is 11.8 Å². The molecule has 2 N–H and O–H groups in total. The van der Waals surface area contributed by atoms with E-state index in [1.54, 1.807) is 31.1 Å². The highest BCUT2D eigenvalue weighted by molar-refractivity contribution is 5.96. The number of benzene rings is 1. The molecule has 29 heavy (non-hydrogen) atoms. The first-order chi connectivity index (χ1) is 13.9. The molecule has 0 unspecified atom stereocenters. The topological polar surface area (TPSA) is 132 Å². The normalized spacial score (nSPS) is 23.8. The summed E-state index contributed by atoms with van der Waals surface area (Å²) in [5.74, 6) is -0.990. The van der Waals surface area contributed by atoms with Gasteiger partial charge in [0.05, 0.1) is 25.1 Å². The minimum atomic E-state index is -0.539. The van der Waals surface area contributed by atoms with Gasteiger partial charge in [-0.15, -0.1) is 0 Å². The summed E-state index contributed by atoms with van der Waals surface area (Å²) in [4.78, 5) is 41.0. The van der Waals surface area contributed by atoms with Crippen molar-refractivity contribution < 1.29 is 23.7 Å². The van der Waals surface area contributed by atoms with Crippen molar-refractivity contribution in [3.05, 3.63) is 41.2 Å². The van der Waals surface area contributed by atoms with Crippen molar-refractivity contribution in [2.75, 3.05) is 20.2 Å². The van der Waals surface area contributed by atoms with Gasteiger partial charge in [0.15, 0.2) is 5.69 Å². The predicted molar refractivity (Wildman–Crippen MR) is 98.6 cm³/mol. The third-order valence-corrected chi connectivity index (χ3v) is 5.61. The number of aromatic nitrogens is 2. The molecule has 0 spiro atoms. The van der Waals surface area contributed by atoms with E-state index in [1.807, 2.05) is 12.1 Å². The zero-order valence-electron chi connectivity index (χ0n) is 16.1. The number of nitrogens with zero attached hydrogens (tertiary/aromatic N) is 4. The van der Waals surface area contributed by atoms with E-state index in [0.29, 0.717) is 17.9 Å². The zero-order chi connectivity index (χ0) is 20.7. The van der Waals surface area contributed by atoms with E-state index in [0.717, 1.165) is 5.56 Å². The first-order valence-corrected chi connectivity index (χ1v) is 9.23. The number of piperazine rings is 1. The molecule has 2 aliphatic heterocycles. The molecule has 2 aromatic rings. The number of amides is 3. The van der Waals surface area contributed by atoms with Crippen LogP contribution in [-0.4, -0.2) is 64.1 Å². The Morgan fingerprint density at radius 2 is 1.97 bits per heavy atom. The van der Waals surface area contributed by atoms with Crippen LogP contribution >= 0.6 is 0 Å². The van der Waals surface area contributed by atoms with Gasteiger partial charge in [-0.3, -0.25) is 14.4 Å². The van der Waals surface area contributed by atoms with Gasteiger partial charge >= 0.3 is 0 Å². The van der Waals surface area contributed by atoms with E-state index in [4.69, 9.17) is 10.5 Å². The number of ether oxygens (including phenoxy) is 1. The number of carbonyl (C=O) groups excluding carboxylic acids is 3. The minimum absolute atomic E-state index is 0.0856. The number of nitrogens with two attached hydrogens (primary N) is 1. The molecular weight excluding hydrogens is 378 g/mol. The third-order valence-electron chi connectivity index (χ3n) is 5.61. The Kier molecular flexibility index (Phi) is 4.69. The molecule has 10 nitrogen and oxygen atoms in total. The van der Waals surface area contributed by atoms with Crippen LogP contribution < -0.4 is 10.5 Å². The number of rotatable bonds is 4. The van der Waals surface area contributed by atoms with Gasteiger partial charge in [-0.2, -0.15) is 0 Å². The maximum atomic E-state index is 13.0. The summed E-state index contributed by atoms with van der Waals surface area (Å²) in [5, 5.41) is 7.25. The molecule has 0 aliphatic carbocycles. The van der Waals surface area contributed by atoms with E-state index < -0.39 is 23.8 Å². The van der Waals surface area contributed by atoms with Gasteiger partial charge in [0.25, 0.3) is 5.91 Å². The first-order valence-electron chi connectivity index (χ1n) is 9.23. The van der Waals surface area contributed by atoms with Crippen molar-refractivity contribution in [3.63, 3.8) is 0 Å². The van der Waals surface area contributed by atoms with Crippen molar-refractivity contribution in [2.24, 2.45) is 11.7 Å². The quantitative estimate of drug-likeness (QED) is 0.781. The van der Waals surface area contributed by atoms with Crippen LogP contribution in [0.4, 0.5) is 0 Å². The monoisotopic (exact) mass is 399 g/mol. The molecule has 2 saturated heterocycles. The molecule has 3 amide bonds. The molecule has 1 aromatic heterocycles. The second kappa shape index (κ2) is 7.19. The number of fused-ring (bicyclic) bond motifs is 1. The fourth-order valence-corrected chi connectivity index (χ4v) is 4.24. The van der Waals surface area contributed by atoms with E-state index >= 15 is 0 Å². The minimum Gasteiger partial charge on any atom is -0.497 e. The third kappa shape index (κ3) is 3.20. The number of hydrogen-bond donors (Lipinski definition) is 1. The lowest BCUT2D eigenvalue weighted by Gasteiger charge is -2.39. The number of hydrogen-bond acceptors (Lipinski definition) is 7. The van der Waals surface area contributed by atoms with Crippen molar-refractivity contribution in [1.82, 2.24) is 20.1 Å². The van der Waals surface area contributed by atoms with Gasteiger partial charge in [0.1, 0.15) is 18.0 Å². The van der Waals surface area contributed by atoms with Crippen LogP contribution in [0.15, 0.2) is 28.9 Å². The largest absolute Gasteiger partial charge is 0.497 e. The van der Waals surface area contributed by atoms with Crippen molar-refractivity contribution >= 4 is 17.7 Å². The number of aryl methyl sites for hydroxylation is 1. The molecule has 0 bridgehead atoms. The standard InChI is InChI=1S/C19H21N5O5/c1-10-16(22-29-21-10)19(27)23-8-12-7-14(18(20)26)17(24(12)15(25)9-23)11-3-5-13(28-2)6-4-11/h3-6,12,14,17H,7-9H2,1-2H3,(H2,20,26)/t12-,14-,17-/m1/s1. The maximum absolute atomic E-state index is 13.0. The summed E-state index contributed by atoms with van der Waals surface area (Å²) in [6.07, 6.45) is 0.387. The molecule has 10 heteroatoms. The van der Waals surface area contributed by atoms with Gasteiger partial charge < -0.3 is 20.3 Å². The molecule has 2 fully saturated rings. The summed E-state index contributed by atoms with van der Waals surface area (Å²) in [7, 11) is 1.57. The smallest absolute Gasteiger partial charge is 0.278 e. The molecule has 1 aromatic carbocycles. The molecule has 2 aliphatic rings. The number of primary amides is 1. The molecule has 0 saturated carbocycles. The summed E-state index contributed by atoms with van der Waals surface area (Å²) in [5.41, 5.74) is 6.92. The van der Waals surface area contributed by atoms with Gasteiger partial charge in [-0.1, -0.05) is 17.3 Å². The van der Waals surface area contributed by atoms with Crippen molar-refractivity contribution in [2.45, 2.75) is 25.4 Å². The Hall–Kier alpha value is -3.43. The van der Waals surface area contributed by atoms with E-state index in [9.17, 15) is 14.4 Å². The molecule has 3 atom stereocenters. The lowest BCUT2D eigenvalue weighted by Crippen LogP contribution is -2.56. The highest BCUT2D eigenvalue weighted by Crippen LogP contribution is 2.43. The summed E-state index contributed by atoms with van der Waals surface area (Å²) in [6, 6.07) is 6.44. The molecule has 152 valence electrons. The maximum Gasteiger partial charge on any atom is 0.278 e. The Morgan fingerprint density at radius 3 is 2.55 bits per heavy atom. The summed E-state index contributed by atoms with van der Waals surface area (Å²) in [6.45, 7) is 1.79. The van der Waals surface area contributed by atoms with Crippen LogP contribution in [0.25, 0.3) is 0 Å². The Bertz CT molecular complexity index is 956. The molecule has 3 heterocycles. The van der Waals surface area contributed by atoms with Crippen LogP contribution in [-0.2, 0) is 9.59 Å². The fraction of sp³-hybridized carbons (Fsp3) is 0.421. The van der Waals surface area contributed by atoms with Crippen LogP contribution in [0, 0.1) is 12.8 Å². The van der Waals surface area contributed by atoms with Crippen molar-refractivity contribution in [1.29, 1.82) is 0 Å². The number of methoxy groups -OCH3 is 1. The lowest BCUT2D eigenvalue weighted by atomic mass is 9.92. The van der Waals surface area contributed by atoms with E-state index in [2.05, 4.69) is 14.9 Å². The average Bonchev–Trinajstić information content (AvgIpc) is 3.31. The second-order valence-electron chi connectivity index (χ2n) is 7.30. The molecule has 4 rings (SSSR count). The van der Waals surface area contributed by atoms with Crippen molar-refractivity contribution in [3.8, 4) is 5.75 Å². The highest BCUT2D eigenvalue weighted by atomic mass is 16.6. The summed E-state index contributed by atoms with van der Waals surface area (Å²) < 4.78 is 9.78. The van der Waals surface area contributed by atoms with Crippen LogP contribution in [0.3, 0.4) is 0 Å². The van der Waals surface area contributed by atoms with Gasteiger partial charge in [0, 0.05) is 6.54 Å². The second-order valence-corrected chi connectivity index (χ2v) is 7.30. The van der Waals surface area contributed by atoms with Gasteiger partial charge in [-0.05, 0) is 36.2 Å². The van der Waals surface area contributed by atoms with Crippen LogP contribution in [0.2, 0.25) is 0 Å². The fourth-order valence-electron chi connectivity index (χ4n) is 4.24. The zero-order valence-corrected chi connectivity index (χ0v) is 16.1. The predicted octanol–water partition coefficient (Wildman–Crippen LogP) is 0.286. The van der Waals surface area contributed by atoms with Crippen LogP contribution in [0.5, 0.6) is 5.75 Å². The summed E-state index contributed by atoms with van der Waals surface area (Å²) >= 11 is 0. The van der Waals surface area contributed by atoms with Gasteiger partial charge in [-0.25, -0.2) is 4.63 Å². The first kappa shape index (κ1) is 18.9. The molecule has 0 radical (unpaired) electrons. The van der Waals surface area contributed by atoms with Crippen LogP contribution in [0.1, 0.15) is 34.2 Å². The average molecular weight is 399 g/mol. The Morgan fingerprint density at radius 1 is 1.24 bits per heavy atom. The highest BCUT2D eigenvalue weighted by Gasteiger charge is 2.50. The SMILES string of the molecule is COc1ccc([C@@H]2[C@H](C(N)=O)C[C@@H]3CN(C(=O)c4nonc4C)CC(=O)N32)cc1. The Balaban J connectivity index is 1.62. The lowest BCUT2D eigenvalue weighted by molar-refractivity contribution is -0.139. The number of carbonyl (C=O) groups is 3. The van der Waals surface area contributed by atoms with E-state index in [1.165, 1.54) is 4.90 Å². The molecular formula is C19H21N5O5. The van der Waals surface area contributed by atoms with E-state index in [-0.39, 0.29) is 30.7 Å².